The summed E-state index contributed by atoms with van der Waals surface area (Å²) in [6.45, 7) is 9.31. The summed E-state index contributed by atoms with van der Waals surface area (Å²) >= 11 is 0. The summed E-state index contributed by atoms with van der Waals surface area (Å²) in [4.78, 5) is 14.5. The Morgan fingerprint density at radius 2 is 1.83 bits per heavy atom. The minimum Gasteiger partial charge on any atom is -0.497 e. The van der Waals surface area contributed by atoms with Crippen LogP contribution in [-0.4, -0.2) is 42.7 Å². The molecular weight excluding hydrogens is 290 g/mol. The highest BCUT2D eigenvalue weighted by atomic mass is 16.5. The smallest absolute Gasteiger partial charge is 0.315 e. The normalized spacial score (nSPS) is 16.9. The van der Waals surface area contributed by atoms with E-state index in [9.17, 15) is 4.79 Å². The second kappa shape index (κ2) is 7.68. The number of methoxy groups -OCH3 is 1. The van der Waals surface area contributed by atoms with Crippen LogP contribution in [0.1, 0.15) is 39.2 Å². The van der Waals surface area contributed by atoms with Crippen molar-refractivity contribution in [3.05, 3.63) is 29.8 Å². The number of rotatable bonds is 4. The molecule has 1 heterocycles. The highest BCUT2D eigenvalue weighted by Crippen LogP contribution is 2.20. The second-order valence-electron chi connectivity index (χ2n) is 7.11. The summed E-state index contributed by atoms with van der Waals surface area (Å²) in [6.07, 6.45) is 2.01. The molecular formula is C18H29N3O2. The molecule has 128 valence electrons. The second-order valence-corrected chi connectivity index (χ2v) is 7.11. The number of urea groups is 1. The Bertz CT molecular complexity index is 500. The van der Waals surface area contributed by atoms with Crippen LogP contribution in [0.3, 0.4) is 0 Å². The van der Waals surface area contributed by atoms with Crippen LogP contribution in [0.15, 0.2) is 24.3 Å². The van der Waals surface area contributed by atoms with E-state index in [-0.39, 0.29) is 17.6 Å². The van der Waals surface area contributed by atoms with E-state index in [1.54, 1.807) is 7.11 Å². The van der Waals surface area contributed by atoms with Crippen LogP contribution in [0.2, 0.25) is 0 Å². The molecule has 0 unspecified atom stereocenters. The number of benzene rings is 1. The van der Waals surface area contributed by atoms with E-state index in [0.717, 1.165) is 37.2 Å². The monoisotopic (exact) mass is 319 g/mol. The van der Waals surface area contributed by atoms with Crippen molar-refractivity contribution in [3.63, 3.8) is 0 Å². The zero-order chi connectivity index (χ0) is 16.9. The number of ether oxygens (including phenoxy) is 1. The maximum atomic E-state index is 12.0. The summed E-state index contributed by atoms with van der Waals surface area (Å²) in [6, 6.07) is 7.90. The summed E-state index contributed by atoms with van der Waals surface area (Å²) < 4.78 is 5.12. The molecule has 1 aromatic rings. The Hall–Kier alpha value is -1.75. The number of nitrogens with one attached hydrogen (secondary N) is 2. The Kier molecular flexibility index (Phi) is 5.88. The van der Waals surface area contributed by atoms with Crippen molar-refractivity contribution in [2.75, 3.05) is 20.2 Å². The van der Waals surface area contributed by atoms with E-state index < -0.39 is 0 Å². The molecule has 1 aromatic carbocycles. The van der Waals surface area contributed by atoms with Gasteiger partial charge in [-0.25, -0.2) is 4.79 Å². The first kappa shape index (κ1) is 17.6. The molecule has 0 bridgehead atoms. The van der Waals surface area contributed by atoms with Gasteiger partial charge in [-0.2, -0.15) is 0 Å². The third-order valence-electron chi connectivity index (χ3n) is 4.39. The fourth-order valence-electron chi connectivity index (χ4n) is 2.86. The number of amides is 2. The minimum absolute atomic E-state index is 0.0879. The molecule has 0 saturated carbocycles. The lowest BCUT2D eigenvalue weighted by Gasteiger charge is -2.41. The van der Waals surface area contributed by atoms with E-state index in [2.05, 4.69) is 36.3 Å². The van der Waals surface area contributed by atoms with Gasteiger partial charge in [0.1, 0.15) is 5.75 Å². The first-order chi connectivity index (χ1) is 10.9. The number of piperidine rings is 1. The van der Waals surface area contributed by atoms with Gasteiger partial charge in [-0.05, 0) is 51.3 Å². The van der Waals surface area contributed by atoms with Gasteiger partial charge in [-0.1, -0.05) is 12.1 Å². The van der Waals surface area contributed by atoms with Gasteiger partial charge in [0.05, 0.1) is 7.11 Å². The molecule has 0 atom stereocenters. The minimum atomic E-state index is -0.0879. The summed E-state index contributed by atoms with van der Waals surface area (Å²) in [5.74, 6) is 0.823. The molecule has 2 N–H and O–H groups in total. The zero-order valence-electron chi connectivity index (χ0n) is 14.7. The summed E-state index contributed by atoms with van der Waals surface area (Å²) in [5.41, 5.74) is 1.27. The molecule has 0 aliphatic carbocycles. The first-order valence-corrected chi connectivity index (χ1v) is 8.31. The summed E-state index contributed by atoms with van der Waals surface area (Å²) in [5, 5.41) is 6.00. The molecule has 0 radical (unpaired) electrons. The Balaban J connectivity index is 1.71. The molecule has 0 aromatic heterocycles. The predicted molar refractivity (Wildman–Crippen MR) is 92.7 cm³/mol. The quantitative estimate of drug-likeness (QED) is 0.897. The van der Waals surface area contributed by atoms with Gasteiger partial charge < -0.3 is 15.4 Å². The lowest BCUT2D eigenvalue weighted by molar-refractivity contribution is 0.0978. The average molecular weight is 319 g/mol. The molecule has 1 aliphatic rings. The third kappa shape index (κ3) is 5.43. The maximum absolute atomic E-state index is 12.0. The zero-order valence-corrected chi connectivity index (χ0v) is 14.7. The van der Waals surface area contributed by atoms with E-state index in [1.165, 1.54) is 0 Å². The fourth-order valence-corrected chi connectivity index (χ4v) is 2.86. The largest absolute Gasteiger partial charge is 0.497 e. The Morgan fingerprint density at radius 3 is 2.35 bits per heavy atom. The Labute approximate surface area is 139 Å². The van der Waals surface area contributed by atoms with Gasteiger partial charge in [-0.3, -0.25) is 4.90 Å². The van der Waals surface area contributed by atoms with Crippen LogP contribution in [0.25, 0.3) is 0 Å². The topological polar surface area (TPSA) is 53.6 Å². The van der Waals surface area contributed by atoms with Gasteiger partial charge in [0, 0.05) is 31.2 Å². The standard InChI is InChI=1S/C18H29N3O2/c1-18(2,3)21-11-9-15(10-12-21)20-17(22)19-13-14-5-7-16(23-4)8-6-14/h5-8,15H,9-13H2,1-4H3,(H2,19,20,22). The van der Waals surface area contributed by atoms with E-state index in [1.807, 2.05) is 24.3 Å². The van der Waals surface area contributed by atoms with E-state index in [4.69, 9.17) is 4.74 Å². The van der Waals surface area contributed by atoms with Crippen LogP contribution in [0.5, 0.6) is 5.75 Å². The number of carbonyl (C=O) groups is 1. The highest BCUT2D eigenvalue weighted by molar-refractivity contribution is 5.74. The number of likely N-dealkylation sites (tertiary alicyclic amines) is 1. The van der Waals surface area contributed by atoms with Crippen LogP contribution >= 0.6 is 0 Å². The average Bonchev–Trinajstić information content (AvgIpc) is 2.53. The molecule has 5 nitrogen and oxygen atoms in total. The molecule has 2 amide bonds. The summed E-state index contributed by atoms with van der Waals surface area (Å²) in [7, 11) is 1.64. The van der Waals surface area contributed by atoms with Crippen LogP contribution in [0.4, 0.5) is 4.79 Å². The lowest BCUT2D eigenvalue weighted by Crippen LogP contribution is -2.52. The first-order valence-electron chi connectivity index (χ1n) is 8.31. The molecule has 23 heavy (non-hydrogen) atoms. The highest BCUT2D eigenvalue weighted by Gasteiger charge is 2.27. The molecule has 2 rings (SSSR count). The van der Waals surface area contributed by atoms with Crippen molar-refractivity contribution >= 4 is 6.03 Å². The molecule has 5 heteroatoms. The van der Waals surface area contributed by atoms with Gasteiger partial charge in [0.15, 0.2) is 0 Å². The fraction of sp³-hybridized carbons (Fsp3) is 0.611. The van der Waals surface area contributed by atoms with Gasteiger partial charge in [0.2, 0.25) is 0 Å². The third-order valence-corrected chi connectivity index (χ3v) is 4.39. The van der Waals surface area contributed by atoms with Crippen molar-refractivity contribution in [1.82, 2.24) is 15.5 Å². The lowest BCUT2D eigenvalue weighted by atomic mass is 9.98. The van der Waals surface area contributed by atoms with Crippen molar-refractivity contribution in [1.29, 1.82) is 0 Å². The van der Waals surface area contributed by atoms with Gasteiger partial charge >= 0.3 is 6.03 Å². The van der Waals surface area contributed by atoms with E-state index in [0.29, 0.717) is 6.54 Å². The SMILES string of the molecule is COc1ccc(CNC(=O)NC2CCN(C(C)(C)C)CC2)cc1. The van der Waals surface area contributed by atoms with Crippen LogP contribution in [0, 0.1) is 0 Å². The molecule has 1 aliphatic heterocycles. The Morgan fingerprint density at radius 1 is 1.22 bits per heavy atom. The number of nitrogens with zero attached hydrogens (tertiary/aromatic N) is 1. The predicted octanol–water partition coefficient (Wildman–Crippen LogP) is 2.76. The van der Waals surface area contributed by atoms with Gasteiger partial charge in [0.25, 0.3) is 0 Å². The molecule has 1 saturated heterocycles. The van der Waals surface area contributed by atoms with Crippen molar-refractivity contribution in [2.24, 2.45) is 0 Å². The van der Waals surface area contributed by atoms with Crippen molar-refractivity contribution in [3.8, 4) is 5.75 Å². The molecule has 0 spiro atoms. The van der Waals surface area contributed by atoms with Crippen LogP contribution in [-0.2, 0) is 6.54 Å². The van der Waals surface area contributed by atoms with E-state index >= 15 is 0 Å². The maximum Gasteiger partial charge on any atom is 0.315 e. The van der Waals surface area contributed by atoms with Crippen molar-refractivity contribution in [2.45, 2.75) is 51.7 Å². The number of hydrogen-bond acceptors (Lipinski definition) is 3. The molecule has 1 fully saturated rings. The van der Waals surface area contributed by atoms with Crippen LogP contribution < -0.4 is 15.4 Å². The number of carbonyl (C=O) groups excluding carboxylic acids is 1. The number of hydrogen-bond donors (Lipinski definition) is 2. The van der Waals surface area contributed by atoms with Gasteiger partial charge in [-0.15, -0.1) is 0 Å². The van der Waals surface area contributed by atoms with Crippen molar-refractivity contribution < 1.29 is 9.53 Å².